The summed E-state index contributed by atoms with van der Waals surface area (Å²) in [5.41, 5.74) is 2.24. The summed E-state index contributed by atoms with van der Waals surface area (Å²) in [7, 11) is 1.95. The summed E-state index contributed by atoms with van der Waals surface area (Å²) in [6, 6.07) is 1.19. The second-order valence-electron chi connectivity index (χ2n) is 8.78. The summed E-state index contributed by atoms with van der Waals surface area (Å²) in [6.45, 7) is 2.42. The first-order valence-corrected chi connectivity index (χ1v) is 11.8. The molecule has 6 rings (SSSR count). The van der Waals surface area contributed by atoms with E-state index in [1.165, 1.54) is 23.0 Å². The van der Waals surface area contributed by atoms with Crippen LogP contribution in [0, 0.1) is 17.7 Å². The first-order chi connectivity index (χ1) is 16.0. The van der Waals surface area contributed by atoms with Crippen LogP contribution in [0.5, 0.6) is 11.5 Å². The number of hydrogen-bond donors (Lipinski definition) is 2. The minimum Gasteiger partial charge on any atom is -0.483 e. The first kappa shape index (κ1) is 20.5. The maximum atomic E-state index is 15.6. The number of rotatable bonds is 4. The van der Waals surface area contributed by atoms with E-state index in [2.05, 4.69) is 11.4 Å². The van der Waals surface area contributed by atoms with Crippen LogP contribution in [0.2, 0.25) is 0 Å². The second-order valence-corrected chi connectivity index (χ2v) is 9.63. The molecule has 1 saturated heterocycles. The van der Waals surface area contributed by atoms with Gasteiger partial charge in [-0.25, -0.2) is 9.18 Å². The molecule has 3 aromatic rings. The molecule has 2 N–H and O–H groups in total. The number of aromatic nitrogens is 1. The predicted octanol–water partition coefficient (Wildman–Crippen LogP) is 3.59. The summed E-state index contributed by atoms with van der Waals surface area (Å²) in [4.78, 5) is 26.7. The Balaban J connectivity index is 1.55. The molecule has 33 heavy (non-hydrogen) atoms. The molecule has 2 unspecified atom stereocenters. The zero-order valence-corrected chi connectivity index (χ0v) is 18.7. The number of hydrogen-bond acceptors (Lipinski definition) is 7. The molecule has 1 aromatic carbocycles. The molecule has 2 aromatic heterocycles. The van der Waals surface area contributed by atoms with Gasteiger partial charge in [-0.1, -0.05) is 6.08 Å². The molecule has 0 bridgehead atoms. The van der Waals surface area contributed by atoms with Gasteiger partial charge in [0.25, 0.3) is 0 Å². The van der Waals surface area contributed by atoms with Crippen LogP contribution in [-0.2, 0) is 6.61 Å². The van der Waals surface area contributed by atoms with Crippen molar-refractivity contribution in [1.82, 2.24) is 9.72 Å². The number of allylic oxidation sites excluding steroid dienone is 1. The van der Waals surface area contributed by atoms with Crippen molar-refractivity contribution in [2.24, 2.45) is 11.8 Å². The van der Waals surface area contributed by atoms with Gasteiger partial charge in [-0.2, -0.15) is 0 Å². The number of carbonyl (C=O) groups is 1. The number of ether oxygens (including phenoxy) is 2. The minimum atomic E-state index is -1.59. The van der Waals surface area contributed by atoms with Crippen molar-refractivity contribution in [3.8, 4) is 11.5 Å². The summed E-state index contributed by atoms with van der Waals surface area (Å²) in [5, 5.41) is 14.2. The van der Waals surface area contributed by atoms with Gasteiger partial charge in [0.05, 0.1) is 11.1 Å². The highest BCUT2D eigenvalue weighted by atomic mass is 32.1. The summed E-state index contributed by atoms with van der Waals surface area (Å²) < 4.78 is 28.2. The molecule has 0 spiro atoms. The molecule has 4 heterocycles. The quantitative estimate of drug-likeness (QED) is 0.444. The topological polar surface area (TPSA) is 92.5 Å². The molecule has 0 amide bonds. The van der Waals surface area contributed by atoms with Crippen molar-refractivity contribution in [3.63, 3.8) is 0 Å². The first-order valence-electron chi connectivity index (χ1n) is 10.9. The zero-order chi connectivity index (χ0) is 22.9. The fraction of sp³-hybridized carbons (Fsp3) is 0.391. The number of anilines is 1. The Bertz CT molecular complexity index is 1410. The molecule has 0 radical (unpaired) electrons. The normalized spacial score (nSPS) is 21.4. The molecule has 3 aliphatic rings. The van der Waals surface area contributed by atoms with Crippen LogP contribution in [0.15, 0.2) is 27.9 Å². The number of pyridine rings is 1. The van der Waals surface area contributed by atoms with Crippen LogP contribution >= 0.6 is 11.3 Å². The number of halogens is 1. The average Bonchev–Trinajstić information content (AvgIpc) is 3.40. The number of nitrogens with one attached hydrogen (secondary N) is 1. The third-order valence-electron chi connectivity index (χ3n) is 6.96. The maximum Gasteiger partial charge on any atom is 0.511 e. The van der Waals surface area contributed by atoms with E-state index in [4.69, 9.17) is 14.6 Å². The predicted molar refractivity (Wildman–Crippen MR) is 122 cm³/mol. The Morgan fingerprint density at radius 1 is 1.45 bits per heavy atom. The van der Waals surface area contributed by atoms with Crippen LogP contribution in [0.1, 0.15) is 18.5 Å². The lowest BCUT2D eigenvalue weighted by Gasteiger charge is -2.28. The van der Waals surface area contributed by atoms with E-state index in [9.17, 15) is 9.59 Å². The van der Waals surface area contributed by atoms with Crippen molar-refractivity contribution in [2.75, 3.05) is 31.6 Å². The molecule has 2 aliphatic heterocycles. The maximum absolute atomic E-state index is 15.6. The van der Waals surface area contributed by atoms with Gasteiger partial charge >= 0.3 is 6.16 Å². The van der Waals surface area contributed by atoms with Crippen molar-refractivity contribution in [1.29, 1.82) is 0 Å². The van der Waals surface area contributed by atoms with E-state index < -0.39 is 17.4 Å². The highest BCUT2D eigenvalue weighted by Crippen LogP contribution is 2.47. The molecule has 1 aliphatic carbocycles. The SMILES string of the molecule is CNCC1CCC=C2CN(c3c(F)cc4c(=O)c(OC(=O)O)c5scc6n5c4c3OC6)CC21. The standard InChI is InChI=1S/C23H22FN3O5S/c1-25-6-11-3-2-4-12-7-26(8-15(11)12)18-16(24)5-14-17-20(18)31-9-13-10-33-22(27(13)17)21(19(14)28)32-23(29)30/h4-5,10-11,15,25H,2-3,6-9H2,1H3,(H,29,30). The van der Waals surface area contributed by atoms with Gasteiger partial charge in [-0.3, -0.25) is 9.20 Å². The van der Waals surface area contributed by atoms with E-state index in [0.29, 0.717) is 46.7 Å². The van der Waals surface area contributed by atoms with Gasteiger partial charge in [-0.05, 0) is 44.0 Å². The fourth-order valence-electron chi connectivity index (χ4n) is 5.62. The molecule has 0 saturated carbocycles. The lowest BCUT2D eigenvalue weighted by Crippen LogP contribution is -2.31. The van der Waals surface area contributed by atoms with Crippen molar-refractivity contribution in [3.05, 3.63) is 44.8 Å². The number of fused-ring (bicyclic) bond motifs is 1. The summed E-state index contributed by atoms with van der Waals surface area (Å²) in [6.07, 6.45) is 2.82. The van der Waals surface area contributed by atoms with Crippen LogP contribution < -0.4 is 25.1 Å². The molecule has 8 nitrogen and oxygen atoms in total. The zero-order valence-electron chi connectivity index (χ0n) is 17.9. The van der Waals surface area contributed by atoms with Crippen molar-refractivity contribution in [2.45, 2.75) is 19.4 Å². The van der Waals surface area contributed by atoms with E-state index >= 15 is 4.39 Å². The van der Waals surface area contributed by atoms with Gasteiger partial charge in [0, 0.05) is 24.4 Å². The van der Waals surface area contributed by atoms with Gasteiger partial charge in [0.15, 0.2) is 11.6 Å². The number of nitrogens with zero attached hydrogens (tertiary/aromatic N) is 2. The summed E-state index contributed by atoms with van der Waals surface area (Å²) in [5.74, 6) is 0.309. The molecule has 1 fully saturated rings. The molecule has 2 atom stereocenters. The van der Waals surface area contributed by atoms with Crippen LogP contribution in [0.25, 0.3) is 15.7 Å². The average molecular weight is 472 g/mol. The van der Waals surface area contributed by atoms with Gasteiger partial charge in [0.2, 0.25) is 11.2 Å². The largest absolute Gasteiger partial charge is 0.511 e. The molecular formula is C23H22FN3O5S. The third kappa shape index (κ3) is 2.97. The fourth-order valence-corrected chi connectivity index (χ4v) is 6.60. The van der Waals surface area contributed by atoms with Crippen molar-refractivity contribution >= 4 is 38.9 Å². The highest BCUT2D eigenvalue weighted by Gasteiger charge is 2.38. The monoisotopic (exact) mass is 471 g/mol. The Labute approximate surface area is 191 Å². The van der Waals surface area contributed by atoms with E-state index in [-0.39, 0.29) is 17.7 Å². The number of benzene rings is 1. The smallest absolute Gasteiger partial charge is 0.483 e. The number of carboxylic acid groups (broad SMARTS) is 1. The van der Waals surface area contributed by atoms with Crippen molar-refractivity contribution < 1.29 is 23.8 Å². The third-order valence-corrected chi connectivity index (χ3v) is 7.95. The lowest BCUT2D eigenvalue weighted by molar-refractivity contribution is 0.144. The van der Waals surface area contributed by atoms with E-state index in [0.717, 1.165) is 25.1 Å². The Morgan fingerprint density at radius 3 is 3.09 bits per heavy atom. The Kier molecular flexibility index (Phi) is 4.63. The van der Waals surface area contributed by atoms with Crippen LogP contribution in [0.3, 0.4) is 0 Å². The summed E-state index contributed by atoms with van der Waals surface area (Å²) >= 11 is 1.21. The number of thiazole rings is 1. The highest BCUT2D eigenvalue weighted by molar-refractivity contribution is 7.16. The molecule has 172 valence electrons. The Hall–Kier alpha value is -3.11. The van der Waals surface area contributed by atoms with E-state index in [1.54, 1.807) is 9.78 Å². The van der Waals surface area contributed by atoms with Gasteiger partial charge < -0.3 is 24.8 Å². The van der Waals surface area contributed by atoms with E-state index in [1.807, 2.05) is 11.9 Å². The lowest BCUT2D eigenvalue weighted by atomic mass is 9.80. The molecule has 10 heteroatoms. The van der Waals surface area contributed by atoms with Crippen LogP contribution in [0.4, 0.5) is 14.9 Å². The van der Waals surface area contributed by atoms with Crippen LogP contribution in [-0.4, -0.2) is 42.3 Å². The second kappa shape index (κ2) is 7.46. The molecular weight excluding hydrogens is 449 g/mol. The minimum absolute atomic E-state index is 0.0447. The Morgan fingerprint density at radius 2 is 2.30 bits per heavy atom. The van der Waals surface area contributed by atoms with Gasteiger partial charge in [-0.15, -0.1) is 11.3 Å². The van der Waals surface area contributed by atoms with Gasteiger partial charge in [0.1, 0.15) is 22.6 Å².